The van der Waals surface area contributed by atoms with Gasteiger partial charge in [0.15, 0.2) is 5.56 Å². The van der Waals surface area contributed by atoms with Gasteiger partial charge in [0.25, 0.3) is 11.5 Å². The Labute approximate surface area is 127 Å². The van der Waals surface area contributed by atoms with Gasteiger partial charge in [-0.1, -0.05) is 13.8 Å². The number of nitrogens with zero attached hydrogens (tertiary/aromatic N) is 3. The molecule has 0 unspecified atom stereocenters. The molecule has 7 nitrogen and oxygen atoms in total. The molecule has 2 aromatic heterocycles. The smallest absolute Gasteiger partial charge is 0.291 e. The maximum Gasteiger partial charge on any atom is 0.291 e. The van der Waals surface area contributed by atoms with Crippen molar-refractivity contribution in [3.05, 3.63) is 27.7 Å². The highest BCUT2D eigenvalue weighted by Gasteiger charge is 2.29. The quantitative estimate of drug-likeness (QED) is 0.884. The fraction of sp³-hybridized carbons (Fsp3) is 0.533. The second-order valence-electron chi connectivity index (χ2n) is 6.31. The van der Waals surface area contributed by atoms with Crippen LogP contribution in [0.5, 0.6) is 5.88 Å². The number of fused-ring (bicyclic) bond motifs is 1. The lowest BCUT2D eigenvalue weighted by molar-refractivity contribution is 0.0944. The molecule has 3 rings (SSSR count). The van der Waals surface area contributed by atoms with Crippen molar-refractivity contribution in [2.24, 2.45) is 5.92 Å². The maximum absolute atomic E-state index is 12.5. The van der Waals surface area contributed by atoms with Crippen LogP contribution in [0.15, 0.2) is 10.9 Å². The Balaban J connectivity index is 2.21. The summed E-state index contributed by atoms with van der Waals surface area (Å²) in [4.78, 5) is 24.8. The Bertz CT molecular complexity index is 799. The Morgan fingerprint density at radius 1 is 1.50 bits per heavy atom. The molecule has 0 saturated heterocycles. The Morgan fingerprint density at radius 2 is 2.18 bits per heavy atom. The van der Waals surface area contributed by atoms with Crippen LogP contribution in [0.3, 0.4) is 0 Å². The van der Waals surface area contributed by atoms with E-state index in [0.29, 0.717) is 17.9 Å². The van der Waals surface area contributed by atoms with Crippen LogP contribution in [0, 0.1) is 12.8 Å². The molecule has 1 aliphatic rings. The van der Waals surface area contributed by atoms with Gasteiger partial charge in [0.1, 0.15) is 5.65 Å². The maximum atomic E-state index is 12.5. The second-order valence-corrected chi connectivity index (χ2v) is 6.31. The number of hydrogen-bond acceptors (Lipinski definition) is 4. The molecule has 7 heteroatoms. The molecular weight excluding hydrogens is 284 g/mol. The molecule has 22 heavy (non-hydrogen) atoms. The van der Waals surface area contributed by atoms with Crippen molar-refractivity contribution in [1.29, 1.82) is 0 Å². The third-order valence-corrected chi connectivity index (χ3v) is 3.66. The molecule has 0 spiro atoms. The normalized spacial score (nSPS) is 14.7. The number of amides is 1. The first-order valence-corrected chi connectivity index (χ1v) is 7.51. The van der Waals surface area contributed by atoms with Crippen LogP contribution in [0.1, 0.15) is 42.7 Å². The van der Waals surface area contributed by atoms with E-state index < -0.39 is 11.5 Å². The number of nitrogens with one attached hydrogen (secondary N) is 1. The van der Waals surface area contributed by atoms with E-state index in [1.165, 1.54) is 4.52 Å². The van der Waals surface area contributed by atoms with Gasteiger partial charge in [0.2, 0.25) is 5.88 Å². The second kappa shape index (κ2) is 5.15. The molecule has 0 aromatic carbocycles. The molecule has 0 aliphatic heterocycles. The average molecular weight is 304 g/mol. The van der Waals surface area contributed by atoms with E-state index in [1.54, 1.807) is 17.6 Å². The van der Waals surface area contributed by atoms with Crippen molar-refractivity contribution in [2.75, 3.05) is 0 Å². The summed E-state index contributed by atoms with van der Waals surface area (Å²) in [7, 11) is 0. The van der Waals surface area contributed by atoms with Crippen molar-refractivity contribution in [3.8, 4) is 5.88 Å². The van der Waals surface area contributed by atoms with E-state index in [0.717, 1.165) is 12.8 Å². The summed E-state index contributed by atoms with van der Waals surface area (Å²) in [6, 6.07) is 1.84. The molecule has 2 N–H and O–H groups in total. The molecule has 1 aliphatic carbocycles. The van der Waals surface area contributed by atoms with Crippen LogP contribution >= 0.6 is 0 Å². The minimum absolute atomic E-state index is 0.111. The standard InChI is InChI=1S/C15H20N4O3/c1-8(2)7-18-11-6-9(3)17-19(11)15(22)12(14(18)21)13(20)16-10-4-5-10/h6,8,10,21H,4-5,7H2,1-3H3,(H,16,20). The molecular formula is C15H20N4O3. The molecule has 1 fully saturated rings. The van der Waals surface area contributed by atoms with Gasteiger partial charge in [-0.05, 0) is 25.7 Å². The minimum atomic E-state index is -0.584. The lowest BCUT2D eigenvalue weighted by Crippen LogP contribution is -2.34. The molecule has 0 atom stereocenters. The lowest BCUT2D eigenvalue weighted by Gasteiger charge is -2.16. The first kappa shape index (κ1) is 14.6. The van der Waals surface area contributed by atoms with E-state index in [9.17, 15) is 14.7 Å². The summed E-state index contributed by atoms with van der Waals surface area (Å²) in [5, 5.41) is 17.4. The molecule has 1 saturated carbocycles. The van der Waals surface area contributed by atoms with Gasteiger partial charge < -0.3 is 10.4 Å². The first-order chi connectivity index (χ1) is 10.4. The molecule has 0 bridgehead atoms. The topological polar surface area (TPSA) is 88.6 Å². The molecule has 2 heterocycles. The fourth-order valence-corrected chi connectivity index (χ4v) is 2.50. The third-order valence-electron chi connectivity index (χ3n) is 3.66. The SMILES string of the molecule is Cc1cc2n(CC(C)C)c(O)c(C(=O)NC3CC3)c(=O)n2n1. The van der Waals surface area contributed by atoms with Gasteiger partial charge in [-0.3, -0.25) is 14.2 Å². The summed E-state index contributed by atoms with van der Waals surface area (Å²) in [6.07, 6.45) is 1.83. The first-order valence-electron chi connectivity index (χ1n) is 7.51. The number of aryl methyl sites for hydroxylation is 1. The number of aromatic hydroxyl groups is 1. The van der Waals surface area contributed by atoms with E-state index in [2.05, 4.69) is 10.4 Å². The largest absolute Gasteiger partial charge is 0.494 e. The Kier molecular flexibility index (Phi) is 3.42. The molecule has 2 aromatic rings. The van der Waals surface area contributed by atoms with Gasteiger partial charge >= 0.3 is 0 Å². The zero-order valence-corrected chi connectivity index (χ0v) is 13.0. The van der Waals surface area contributed by atoms with Crippen LogP contribution in [0.2, 0.25) is 0 Å². The summed E-state index contributed by atoms with van der Waals surface area (Å²) in [5.41, 5.74) is 0.340. The van der Waals surface area contributed by atoms with E-state index in [-0.39, 0.29) is 23.4 Å². The summed E-state index contributed by atoms with van der Waals surface area (Å²) < 4.78 is 2.77. The number of carbonyl (C=O) groups excluding carboxylic acids is 1. The predicted molar refractivity (Wildman–Crippen MR) is 81.2 cm³/mol. The lowest BCUT2D eigenvalue weighted by atomic mass is 10.2. The highest BCUT2D eigenvalue weighted by Crippen LogP contribution is 2.23. The molecule has 1 amide bonds. The van der Waals surface area contributed by atoms with Crippen LogP contribution in [-0.4, -0.2) is 31.2 Å². The zero-order chi connectivity index (χ0) is 16.0. The monoisotopic (exact) mass is 304 g/mol. The van der Waals surface area contributed by atoms with Crippen molar-refractivity contribution in [3.63, 3.8) is 0 Å². The molecule has 0 radical (unpaired) electrons. The Hall–Kier alpha value is -2.31. The number of carbonyl (C=O) groups is 1. The van der Waals surface area contributed by atoms with Gasteiger partial charge in [0, 0.05) is 18.7 Å². The fourth-order valence-electron chi connectivity index (χ4n) is 2.50. The van der Waals surface area contributed by atoms with Gasteiger partial charge in [0.05, 0.1) is 5.69 Å². The van der Waals surface area contributed by atoms with Crippen molar-refractivity contribution in [2.45, 2.75) is 46.2 Å². The summed E-state index contributed by atoms with van der Waals surface area (Å²) in [5.74, 6) is -0.575. The van der Waals surface area contributed by atoms with Crippen molar-refractivity contribution < 1.29 is 9.90 Å². The van der Waals surface area contributed by atoms with Gasteiger partial charge in [-0.15, -0.1) is 0 Å². The van der Waals surface area contributed by atoms with Gasteiger partial charge in [-0.2, -0.15) is 9.61 Å². The predicted octanol–water partition coefficient (Wildman–Crippen LogP) is 1.06. The van der Waals surface area contributed by atoms with Crippen molar-refractivity contribution >= 4 is 11.6 Å². The van der Waals surface area contributed by atoms with Crippen LogP contribution in [0.4, 0.5) is 0 Å². The minimum Gasteiger partial charge on any atom is -0.494 e. The highest BCUT2D eigenvalue weighted by atomic mass is 16.3. The van der Waals surface area contributed by atoms with Crippen molar-refractivity contribution in [1.82, 2.24) is 19.5 Å². The zero-order valence-electron chi connectivity index (χ0n) is 13.0. The van der Waals surface area contributed by atoms with E-state index in [4.69, 9.17) is 0 Å². The Morgan fingerprint density at radius 3 is 2.77 bits per heavy atom. The summed E-state index contributed by atoms with van der Waals surface area (Å²) >= 11 is 0. The number of aromatic nitrogens is 3. The summed E-state index contributed by atoms with van der Waals surface area (Å²) in [6.45, 7) is 6.26. The van der Waals surface area contributed by atoms with E-state index >= 15 is 0 Å². The highest BCUT2D eigenvalue weighted by molar-refractivity contribution is 5.96. The number of hydrogen-bond donors (Lipinski definition) is 2. The van der Waals surface area contributed by atoms with E-state index in [1.807, 2.05) is 13.8 Å². The average Bonchev–Trinajstić information content (AvgIpc) is 3.14. The number of rotatable bonds is 4. The van der Waals surface area contributed by atoms with Gasteiger partial charge in [-0.25, -0.2) is 0 Å². The van der Waals surface area contributed by atoms with Crippen LogP contribution < -0.4 is 10.9 Å². The third kappa shape index (κ3) is 2.47. The molecule has 118 valence electrons. The van der Waals surface area contributed by atoms with Crippen LogP contribution in [-0.2, 0) is 6.54 Å². The van der Waals surface area contributed by atoms with Crippen LogP contribution in [0.25, 0.3) is 5.65 Å².